The van der Waals surface area contributed by atoms with Gasteiger partial charge in [-0.25, -0.2) is 4.68 Å². The molecular formula is C23H17ClN6O2. The topological polar surface area (TPSA) is 87.7 Å². The van der Waals surface area contributed by atoms with Crippen molar-refractivity contribution in [3.8, 4) is 11.4 Å². The quantitative estimate of drug-likeness (QED) is 0.368. The molecule has 0 fully saturated rings. The first-order chi connectivity index (χ1) is 15.6. The number of halogens is 1. The molecule has 9 heteroatoms. The highest BCUT2D eigenvalue weighted by Gasteiger charge is 2.20. The second kappa shape index (κ2) is 8.24. The third-order valence-corrected chi connectivity index (χ3v) is 5.41. The molecule has 0 atom stereocenters. The van der Waals surface area contributed by atoms with Gasteiger partial charge < -0.3 is 9.30 Å². The first-order valence-electron chi connectivity index (χ1n) is 9.78. The zero-order valence-electron chi connectivity index (χ0n) is 17.0. The minimum absolute atomic E-state index is 0.230. The molecule has 8 nitrogen and oxygen atoms in total. The summed E-state index contributed by atoms with van der Waals surface area (Å²) >= 11 is 6.02. The largest absolute Gasteiger partial charge is 0.497 e. The van der Waals surface area contributed by atoms with Crippen LogP contribution in [0.3, 0.4) is 0 Å². The summed E-state index contributed by atoms with van der Waals surface area (Å²) in [5, 5.41) is 17.2. The molecule has 3 aromatic heterocycles. The maximum absolute atomic E-state index is 13.4. The third kappa shape index (κ3) is 3.72. The number of ketones is 1. The fourth-order valence-corrected chi connectivity index (χ4v) is 3.68. The molecule has 0 amide bonds. The van der Waals surface area contributed by atoms with Crippen LogP contribution in [0, 0.1) is 0 Å². The fourth-order valence-electron chi connectivity index (χ4n) is 3.55. The van der Waals surface area contributed by atoms with Gasteiger partial charge in [-0.1, -0.05) is 28.9 Å². The lowest BCUT2D eigenvalue weighted by Gasteiger charge is -2.06. The smallest absolute Gasteiger partial charge is 0.217 e. The Morgan fingerprint density at radius 3 is 2.66 bits per heavy atom. The lowest BCUT2D eigenvalue weighted by Crippen LogP contribution is -2.02. The normalized spacial score (nSPS) is 11.1. The van der Waals surface area contributed by atoms with Gasteiger partial charge in [0.05, 0.1) is 31.4 Å². The van der Waals surface area contributed by atoms with Crippen LogP contribution >= 0.6 is 11.6 Å². The first-order valence-corrected chi connectivity index (χ1v) is 10.2. The van der Waals surface area contributed by atoms with E-state index in [1.165, 1.54) is 4.68 Å². The number of rotatable bonds is 6. The number of benzene rings is 2. The van der Waals surface area contributed by atoms with Crippen LogP contribution in [0.15, 0.2) is 73.3 Å². The monoisotopic (exact) mass is 444 g/mol. The Morgan fingerprint density at radius 1 is 1.06 bits per heavy atom. The Labute approximate surface area is 188 Å². The van der Waals surface area contributed by atoms with Crippen LogP contribution in [0.1, 0.15) is 21.6 Å². The van der Waals surface area contributed by atoms with E-state index in [0.29, 0.717) is 28.6 Å². The number of carbonyl (C=O) groups is 1. The SMILES string of the molecule is COc1ccc2c(c1)c(C(=O)c1cn(-c3ccnnc3)nn1)cn2Cc1ccc(Cl)cc1. The van der Waals surface area contributed by atoms with E-state index in [2.05, 4.69) is 20.5 Å². The molecular weight excluding hydrogens is 428 g/mol. The summed E-state index contributed by atoms with van der Waals surface area (Å²) in [6.45, 7) is 0.586. The zero-order valence-corrected chi connectivity index (χ0v) is 17.8. The van der Waals surface area contributed by atoms with Crippen LogP contribution in [0.4, 0.5) is 0 Å². The molecule has 158 valence electrons. The Hall–Kier alpha value is -4.04. The van der Waals surface area contributed by atoms with E-state index in [0.717, 1.165) is 16.5 Å². The molecule has 2 aromatic carbocycles. The number of nitrogens with zero attached hydrogens (tertiary/aromatic N) is 6. The maximum atomic E-state index is 13.4. The van der Waals surface area contributed by atoms with Crippen LogP contribution in [0.2, 0.25) is 5.02 Å². The molecule has 0 aliphatic rings. The van der Waals surface area contributed by atoms with E-state index in [1.54, 1.807) is 31.8 Å². The lowest BCUT2D eigenvalue weighted by molar-refractivity contribution is 0.103. The number of aromatic nitrogens is 6. The van der Waals surface area contributed by atoms with Gasteiger partial charge in [-0.05, 0) is 42.0 Å². The lowest BCUT2D eigenvalue weighted by atomic mass is 10.1. The van der Waals surface area contributed by atoms with Crippen molar-refractivity contribution in [1.82, 2.24) is 29.8 Å². The Balaban J connectivity index is 1.56. The van der Waals surface area contributed by atoms with Crippen molar-refractivity contribution in [2.75, 3.05) is 7.11 Å². The van der Waals surface area contributed by atoms with E-state index in [9.17, 15) is 4.79 Å². The van der Waals surface area contributed by atoms with Gasteiger partial charge in [-0.2, -0.15) is 10.2 Å². The molecule has 0 aliphatic heterocycles. The van der Waals surface area contributed by atoms with E-state index in [4.69, 9.17) is 16.3 Å². The summed E-state index contributed by atoms with van der Waals surface area (Å²) in [6.07, 6.45) is 6.52. The molecule has 0 saturated carbocycles. The molecule has 0 radical (unpaired) electrons. The number of fused-ring (bicyclic) bond motifs is 1. The number of carbonyl (C=O) groups excluding carboxylic acids is 1. The van der Waals surface area contributed by atoms with Gasteiger partial charge in [0.1, 0.15) is 5.75 Å². The molecule has 0 bridgehead atoms. The van der Waals surface area contributed by atoms with Crippen LogP contribution in [0.5, 0.6) is 5.75 Å². The van der Waals surface area contributed by atoms with Crippen molar-refractivity contribution >= 4 is 28.3 Å². The molecule has 0 unspecified atom stereocenters. The van der Waals surface area contributed by atoms with E-state index in [-0.39, 0.29) is 11.5 Å². The van der Waals surface area contributed by atoms with Crippen LogP contribution in [-0.2, 0) is 6.54 Å². The average molecular weight is 445 g/mol. The Morgan fingerprint density at radius 2 is 1.91 bits per heavy atom. The van der Waals surface area contributed by atoms with Crippen molar-refractivity contribution in [3.63, 3.8) is 0 Å². The fraction of sp³-hybridized carbons (Fsp3) is 0.0870. The van der Waals surface area contributed by atoms with Gasteiger partial charge in [0.25, 0.3) is 0 Å². The van der Waals surface area contributed by atoms with Gasteiger partial charge >= 0.3 is 0 Å². The highest BCUT2D eigenvalue weighted by atomic mass is 35.5. The number of ether oxygens (including phenoxy) is 1. The second-order valence-corrected chi connectivity index (χ2v) is 7.59. The van der Waals surface area contributed by atoms with E-state index < -0.39 is 0 Å². The number of hydrogen-bond acceptors (Lipinski definition) is 6. The van der Waals surface area contributed by atoms with Crippen LogP contribution in [-0.4, -0.2) is 42.7 Å². The van der Waals surface area contributed by atoms with Crippen molar-refractivity contribution in [1.29, 1.82) is 0 Å². The van der Waals surface area contributed by atoms with Crippen LogP contribution in [0.25, 0.3) is 16.6 Å². The van der Waals surface area contributed by atoms with Gasteiger partial charge in [-0.15, -0.1) is 5.10 Å². The second-order valence-electron chi connectivity index (χ2n) is 7.16. The summed E-state index contributed by atoms with van der Waals surface area (Å²) in [5.41, 5.74) is 3.40. The van der Waals surface area contributed by atoms with Gasteiger partial charge in [0, 0.05) is 34.2 Å². The standard InChI is InChI=1S/C23H17ClN6O2/c1-32-18-6-7-22-19(10-18)20(13-29(22)12-15-2-4-16(24)5-3-15)23(31)21-14-30(28-27-21)17-8-9-25-26-11-17/h2-11,13-14H,12H2,1H3. The summed E-state index contributed by atoms with van der Waals surface area (Å²) in [7, 11) is 1.60. The molecule has 3 heterocycles. The average Bonchev–Trinajstić information content (AvgIpc) is 3.46. The predicted octanol–water partition coefficient (Wildman–Crippen LogP) is 3.95. The molecule has 0 saturated heterocycles. The molecule has 0 spiro atoms. The van der Waals surface area contributed by atoms with Gasteiger partial charge in [0.15, 0.2) is 5.69 Å². The van der Waals surface area contributed by atoms with E-state index in [1.807, 2.05) is 53.2 Å². The highest BCUT2D eigenvalue weighted by Crippen LogP contribution is 2.28. The minimum Gasteiger partial charge on any atom is -0.497 e. The molecule has 0 N–H and O–H groups in total. The van der Waals surface area contributed by atoms with Crippen molar-refractivity contribution < 1.29 is 9.53 Å². The summed E-state index contributed by atoms with van der Waals surface area (Å²) in [6, 6.07) is 15.0. The number of methoxy groups -OCH3 is 1. The summed E-state index contributed by atoms with van der Waals surface area (Å²) in [4.78, 5) is 13.4. The Kier molecular flexibility index (Phi) is 5.12. The number of hydrogen-bond donors (Lipinski definition) is 0. The van der Waals surface area contributed by atoms with Gasteiger partial charge in [0.2, 0.25) is 5.78 Å². The van der Waals surface area contributed by atoms with Crippen LogP contribution < -0.4 is 4.74 Å². The summed E-state index contributed by atoms with van der Waals surface area (Å²) < 4.78 is 8.91. The maximum Gasteiger partial charge on any atom is 0.217 e. The Bertz CT molecular complexity index is 1410. The van der Waals surface area contributed by atoms with Crippen molar-refractivity contribution in [2.24, 2.45) is 0 Å². The molecule has 5 rings (SSSR count). The van der Waals surface area contributed by atoms with Crippen molar-refractivity contribution in [2.45, 2.75) is 6.54 Å². The first kappa shape index (κ1) is 19.9. The van der Waals surface area contributed by atoms with Gasteiger partial charge in [-0.3, -0.25) is 4.79 Å². The zero-order chi connectivity index (χ0) is 22.1. The minimum atomic E-state index is -0.230. The molecule has 0 aliphatic carbocycles. The third-order valence-electron chi connectivity index (χ3n) is 5.16. The molecule has 32 heavy (non-hydrogen) atoms. The van der Waals surface area contributed by atoms with E-state index >= 15 is 0 Å². The molecule has 5 aromatic rings. The highest BCUT2D eigenvalue weighted by molar-refractivity contribution is 6.30. The predicted molar refractivity (Wildman–Crippen MR) is 119 cm³/mol. The van der Waals surface area contributed by atoms with Crippen molar-refractivity contribution in [3.05, 3.63) is 95.2 Å². The summed E-state index contributed by atoms with van der Waals surface area (Å²) in [5.74, 6) is 0.439.